The third-order valence-electron chi connectivity index (χ3n) is 4.32. The molecule has 0 spiro atoms. The summed E-state index contributed by atoms with van der Waals surface area (Å²) < 4.78 is 33.4. The van der Waals surface area contributed by atoms with Crippen LogP contribution in [-0.4, -0.2) is 33.7 Å². The van der Waals surface area contributed by atoms with Crippen molar-refractivity contribution in [2.45, 2.75) is 18.7 Å². The van der Waals surface area contributed by atoms with E-state index in [1.54, 1.807) is 55.6 Å². The number of carbonyl (C=O) groups excluding carboxylic acids is 1. The summed E-state index contributed by atoms with van der Waals surface area (Å²) in [4.78, 5) is 13.6. The van der Waals surface area contributed by atoms with Crippen molar-refractivity contribution in [1.29, 1.82) is 0 Å². The normalized spacial score (nSPS) is 11.4. The van der Waals surface area contributed by atoms with E-state index in [2.05, 4.69) is 10.5 Å². The van der Waals surface area contributed by atoms with Crippen LogP contribution in [0.15, 0.2) is 76.0 Å². The standard InChI is InChI=1S/C22H23N3O4S2/c1-3-29-20-12-8-7-11-19(20)25(31(27,28)18-9-5-4-6-10-18)16-22(26)24-23-15-21-17(2)13-14-30-21/h4-15H,3,16H2,1-2H3,(H,24,26)/b23-15-. The average molecular weight is 458 g/mol. The molecule has 0 saturated carbocycles. The Hall–Kier alpha value is -3.17. The number of hydrazone groups is 1. The van der Waals surface area contributed by atoms with Gasteiger partial charge in [-0.1, -0.05) is 30.3 Å². The van der Waals surface area contributed by atoms with E-state index < -0.39 is 22.5 Å². The predicted molar refractivity (Wildman–Crippen MR) is 123 cm³/mol. The zero-order chi connectivity index (χ0) is 22.3. The minimum absolute atomic E-state index is 0.0758. The SMILES string of the molecule is CCOc1ccccc1N(CC(=O)N/N=C\c1sccc1C)S(=O)(=O)c1ccccc1. The monoisotopic (exact) mass is 457 g/mol. The number of hydrogen-bond acceptors (Lipinski definition) is 6. The van der Waals surface area contributed by atoms with E-state index in [1.807, 2.05) is 18.4 Å². The summed E-state index contributed by atoms with van der Waals surface area (Å²) in [5, 5.41) is 5.90. The van der Waals surface area contributed by atoms with Crippen molar-refractivity contribution in [3.05, 3.63) is 76.5 Å². The maximum absolute atomic E-state index is 13.4. The molecule has 9 heteroatoms. The molecule has 1 amide bonds. The van der Waals surface area contributed by atoms with E-state index in [-0.39, 0.29) is 10.6 Å². The van der Waals surface area contributed by atoms with Crippen molar-refractivity contribution in [1.82, 2.24) is 5.43 Å². The molecule has 0 radical (unpaired) electrons. The number of carbonyl (C=O) groups is 1. The second-order valence-corrected chi connectivity index (χ2v) is 9.30. The first-order valence-electron chi connectivity index (χ1n) is 9.59. The van der Waals surface area contributed by atoms with Crippen molar-refractivity contribution in [3.63, 3.8) is 0 Å². The Balaban J connectivity index is 1.90. The molecular formula is C22H23N3O4S2. The van der Waals surface area contributed by atoms with Crippen molar-refractivity contribution in [3.8, 4) is 5.75 Å². The summed E-state index contributed by atoms with van der Waals surface area (Å²) in [6.07, 6.45) is 1.54. The zero-order valence-electron chi connectivity index (χ0n) is 17.2. The molecule has 31 heavy (non-hydrogen) atoms. The molecule has 0 unspecified atom stereocenters. The van der Waals surface area contributed by atoms with Crippen LogP contribution in [0, 0.1) is 6.92 Å². The van der Waals surface area contributed by atoms with E-state index in [0.29, 0.717) is 12.4 Å². The van der Waals surface area contributed by atoms with Gasteiger partial charge in [-0.25, -0.2) is 13.8 Å². The zero-order valence-corrected chi connectivity index (χ0v) is 18.8. The van der Waals surface area contributed by atoms with Crippen LogP contribution in [0.4, 0.5) is 5.69 Å². The number of aryl methyl sites for hydroxylation is 1. The minimum atomic E-state index is -4.02. The first-order chi connectivity index (χ1) is 14.9. The molecule has 1 heterocycles. The summed E-state index contributed by atoms with van der Waals surface area (Å²) in [5.41, 5.74) is 3.74. The largest absolute Gasteiger partial charge is 0.492 e. The van der Waals surface area contributed by atoms with Gasteiger partial charge in [0, 0.05) is 4.88 Å². The maximum Gasteiger partial charge on any atom is 0.264 e. The van der Waals surface area contributed by atoms with Crippen molar-refractivity contribution in [2.24, 2.45) is 5.10 Å². The number of sulfonamides is 1. The fourth-order valence-electron chi connectivity index (χ4n) is 2.81. The highest BCUT2D eigenvalue weighted by Crippen LogP contribution is 2.32. The van der Waals surface area contributed by atoms with Crippen LogP contribution in [0.2, 0.25) is 0 Å². The van der Waals surface area contributed by atoms with Crippen molar-refractivity contribution < 1.29 is 17.9 Å². The second-order valence-electron chi connectivity index (χ2n) is 6.49. The number of ether oxygens (including phenoxy) is 1. The van der Waals surface area contributed by atoms with Crippen LogP contribution < -0.4 is 14.5 Å². The Labute approximate surface area is 186 Å². The first kappa shape index (κ1) is 22.5. The molecule has 3 rings (SSSR count). The molecule has 0 aliphatic heterocycles. The molecule has 0 bridgehead atoms. The summed E-state index contributed by atoms with van der Waals surface area (Å²) in [6, 6.07) is 16.6. The highest BCUT2D eigenvalue weighted by molar-refractivity contribution is 7.92. The van der Waals surface area contributed by atoms with Gasteiger partial charge in [0.2, 0.25) is 0 Å². The van der Waals surface area contributed by atoms with Gasteiger partial charge in [-0.3, -0.25) is 9.10 Å². The third-order valence-corrected chi connectivity index (χ3v) is 7.05. The fourth-order valence-corrected chi connectivity index (χ4v) is 5.04. The molecule has 3 aromatic rings. The number of amides is 1. The Morgan fingerprint density at radius 1 is 1.13 bits per heavy atom. The van der Waals surface area contributed by atoms with E-state index in [9.17, 15) is 13.2 Å². The predicted octanol–water partition coefficient (Wildman–Crippen LogP) is 3.80. The Morgan fingerprint density at radius 2 is 1.84 bits per heavy atom. The Kier molecular flexibility index (Phi) is 7.43. The van der Waals surface area contributed by atoms with Crippen LogP contribution in [0.1, 0.15) is 17.4 Å². The molecule has 1 N–H and O–H groups in total. The number of anilines is 1. The van der Waals surface area contributed by atoms with Crippen LogP contribution in [0.5, 0.6) is 5.75 Å². The number of hydrogen-bond donors (Lipinski definition) is 1. The lowest BCUT2D eigenvalue weighted by molar-refractivity contribution is -0.119. The summed E-state index contributed by atoms with van der Waals surface area (Å²) in [6.45, 7) is 3.65. The van der Waals surface area contributed by atoms with E-state index in [0.717, 1.165) is 14.7 Å². The lowest BCUT2D eigenvalue weighted by Crippen LogP contribution is -2.39. The molecule has 0 fully saturated rings. The third kappa shape index (κ3) is 5.50. The molecule has 0 atom stereocenters. The van der Waals surface area contributed by atoms with Gasteiger partial charge in [0.15, 0.2) is 0 Å². The number of benzene rings is 2. The molecule has 2 aromatic carbocycles. The topological polar surface area (TPSA) is 88.1 Å². The van der Waals surface area contributed by atoms with Gasteiger partial charge in [0.25, 0.3) is 15.9 Å². The smallest absolute Gasteiger partial charge is 0.264 e. The molecule has 162 valence electrons. The number of thiophene rings is 1. The average Bonchev–Trinajstić information content (AvgIpc) is 3.18. The van der Waals surface area contributed by atoms with E-state index >= 15 is 0 Å². The van der Waals surface area contributed by atoms with Gasteiger partial charge in [0.1, 0.15) is 12.3 Å². The van der Waals surface area contributed by atoms with Crippen LogP contribution in [0.25, 0.3) is 0 Å². The quantitative estimate of drug-likeness (QED) is 0.391. The van der Waals surface area contributed by atoms with Crippen LogP contribution in [0.3, 0.4) is 0 Å². The Bertz CT molecular complexity index is 1160. The lowest BCUT2D eigenvalue weighted by atomic mass is 10.3. The molecule has 1 aromatic heterocycles. The number of nitrogens with one attached hydrogen (secondary N) is 1. The fraction of sp³-hybridized carbons (Fsp3) is 0.182. The van der Waals surface area contributed by atoms with Crippen molar-refractivity contribution in [2.75, 3.05) is 17.5 Å². The second kappa shape index (κ2) is 10.2. The first-order valence-corrected chi connectivity index (χ1v) is 11.9. The van der Waals surface area contributed by atoms with Gasteiger partial charge in [-0.2, -0.15) is 5.10 Å². The van der Waals surface area contributed by atoms with Gasteiger partial charge < -0.3 is 4.74 Å². The molecule has 0 aliphatic carbocycles. The summed E-state index contributed by atoms with van der Waals surface area (Å²) >= 11 is 1.50. The molecule has 0 saturated heterocycles. The number of rotatable bonds is 9. The number of para-hydroxylation sites is 2. The molecule has 0 aliphatic rings. The highest BCUT2D eigenvalue weighted by atomic mass is 32.2. The van der Waals surface area contributed by atoms with Gasteiger partial charge in [-0.15, -0.1) is 11.3 Å². The van der Waals surface area contributed by atoms with Gasteiger partial charge in [0.05, 0.1) is 23.4 Å². The van der Waals surface area contributed by atoms with Crippen molar-refractivity contribution >= 4 is 39.2 Å². The minimum Gasteiger partial charge on any atom is -0.492 e. The van der Waals surface area contributed by atoms with Crippen LogP contribution in [-0.2, 0) is 14.8 Å². The summed E-state index contributed by atoms with van der Waals surface area (Å²) in [7, 11) is -4.02. The highest BCUT2D eigenvalue weighted by Gasteiger charge is 2.29. The van der Waals surface area contributed by atoms with E-state index in [4.69, 9.17) is 4.74 Å². The van der Waals surface area contributed by atoms with Crippen LogP contribution >= 0.6 is 11.3 Å². The Morgan fingerprint density at radius 3 is 2.52 bits per heavy atom. The summed E-state index contributed by atoms with van der Waals surface area (Å²) in [5.74, 6) is -0.203. The maximum atomic E-state index is 13.4. The van der Waals surface area contributed by atoms with Gasteiger partial charge in [-0.05, 0) is 55.1 Å². The number of nitrogens with zero attached hydrogens (tertiary/aromatic N) is 2. The molecule has 7 nitrogen and oxygen atoms in total. The lowest BCUT2D eigenvalue weighted by Gasteiger charge is -2.25. The van der Waals surface area contributed by atoms with Gasteiger partial charge >= 0.3 is 0 Å². The molecular weight excluding hydrogens is 434 g/mol. The van der Waals surface area contributed by atoms with E-state index in [1.165, 1.54) is 23.5 Å².